The molecule has 2 aromatic rings. The van der Waals surface area contributed by atoms with E-state index in [2.05, 4.69) is 37.6 Å². The molecular weight excluding hydrogens is 402 g/mol. The molecule has 0 radical (unpaired) electrons. The number of anilines is 2. The minimum Gasteiger partial charge on any atom is -0.507 e. The van der Waals surface area contributed by atoms with Gasteiger partial charge in [-0.15, -0.1) is 0 Å². The fourth-order valence-corrected chi connectivity index (χ4v) is 4.23. The molecule has 1 heterocycles. The van der Waals surface area contributed by atoms with Gasteiger partial charge in [0, 0.05) is 31.9 Å². The number of amides is 2. The normalized spacial score (nSPS) is 14.6. The number of carbonyl (C=O) groups is 1. The molecule has 0 aliphatic carbocycles. The van der Waals surface area contributed by atoms with E-state index in [1.807, 2.05) is 18.2 Å². The second-order valence-electron chi connectivity index (χ2n) is 8.80. The highest BCUT2D eigenvalue weighted by Gasteiger charge is 2.24. The highest BCUT2D eigenvalue weighted by atomic mass is 16.3. The lowest BCUT2D eigenvalue weighted by Gasteiger charge is -2.34. The SMILES string of the molecule is CCCc1cc(O)c(C(=N)N(C(N)=O)c2ccc(N3CCN(C)CC3)cc2)cc1C(C)C. The largest absolute Gasteiger partial charge is 0.507 e. The van der Waals surface area contributed by atoms with Crippen LogP contribution in [0.4, 0.5) is 16.2 Å². The Labute approximate surface area is 190 Å². The number of piperazine rings is 1. The number of primary amides is 1. The third-order valence-electron chi connectivity index (χ3n) is 6.07. The monoisotopic (exact) mass is 437 g/mol. The van der Waals surface area contributed by atoms with Crippen molar-refractivity contribution < 1.29 is 9.90 Å². The Hall–Kier alpha value is -3.06. The summed E-state index contributed by atoms with van der Waals surface area (Å²) in [4.78, 5) is 18.1. The molecule has 3 rings (SSSR count). The Morgan fingerprint density at radius 2 is 1.78 bits per heavy atom. The van der Waals surface area contributed by atoms with Gasteiger partial charge in [0.25, 0.3) is 0 Å². The molecule has 32 heavy (non-hydrogen) atoms. The van der Waals surface area contributed by atoms with Crippen LogP contribution in [0.15, 0.2) is 36.4 Å². The third-order valence-corrected chi connectivity index (χ3v) is 6.07. The third kappa shape index (κ3) is 5.05. The van der Waals surface area contributed by atoms with Gasteiger partial charge in [0.1, 0.15) is 11.6 Å². The Bertz CT molecular complexity index is 963. The molecule has 1 aliphatic rings. The van der Waals surface area contributed by atoms with Gasteiger partial charge in [0.05, 0.1) is 11.3 Å². The van der Waals surface area contributed by atoms with Gasteiger partial charge in [0.2, 0.25) is 0 Å². The summed E-state index contributed by atoms with van der Waals surface area (Å²) in [5.74, 6) is 0.0871. The van der Waals surface area contributed by atoms with Crippen LogP contribution in [0.3, 0.4) is 0 Å². The highest BCUT2D eigenvalue weighted by molar-refractivity contribution is 6.22. The highest BCUT2D eigenvalue weighted by Crippen LogP contribution is 2.31. The van der Waals surface area contributed by atoms with Crippen molar-refractivity contribution in [2.45, 2.75) is 39.5 Å². The van der Waals surface area contributed by atoms with E-state index in [-0.39, 0.29) is 17.5 Å². The number of aromatic hydroxyl groups is 1. The molecule has 4 N–H and O–H groups in total. The molecule has 1 fully saturated rings. The first-order valence-electron chi connectivity index (χ1n) is 11.3. The quantitative estimate of drug-likeness (QED) is 0.468. The maximum absolute atomic E-state index is 12.3. The number of amidine groups is 1. The molecule has 0 aromatic heterocycles. The summed E-state index contributed by atoms with van der Waals surface area (Å²) in [5, 5.41) is 19.4. The number of urea groups is 1. The molecule has 0 bridgehead atoms. The van der Waals surface area contributed by atoms with Crippen molar-refractivity contribution in [3.63, 3.8) is 0 Å². The van der Waals surface area contributed by atoms with Gasteiger partial charge in [0.15, 0.2) is 0 Å². The number of carbonyl (C=O) groups excluding carboxylic acids is 1. The number of nitrogens with one attached hydrogen (secondary N) is 1. The summed E-state index contributed by atoms with van der Waals surface area (Å²) in [5.41, 5.74) is 9.69. The van der Waals surface area contributed by atoms with E-state index in [4.69, 9.17) is 11.1 Å². The summed E-state index contributed by atoms with van der Waals surface area (Å²) in [6.45, 7) is 10.2. The number of rotatable bonds is 6. The van der Waals surface area contributed by atoms with Crippen LogP contribution in [0, 0.1) is 5.41 Å². The second kappa shape index (κ2) is 10.0. The van der Waals surface area contributed by atoms with Gasteiger partial charge in [-0.3, -0.25) is 5.41 Å². The number of benzene rings is 2. The van der Waals surface area contributed by atoms with Crippen molar-refractivity contribution in [2.24, 2.45) is 5.73 Å². The molecule has 172 valence electrons. The van der Waals surface area contributed by atoms with Gasteiger partial charge in [-0.2, -0.15) is 0 Å². The number of nitrogens with zero attached hydrogens (tertiary/aromatic N) is 3. The lowest BCUT2D eigenvalue weighted by atomic mass is 9.91. The van der Waals surface area contributed by atoms with Crippen LogP contribution < -0.4 is 15.5 Å². The molecule has 0 spiro atoms. The van der Waals surface area contributed by atoms with Crippen molar-refractivity contribution in [1.29, 1.82) is 5.41 Å². The van der Waals surface area contributed by atoms with E-state index in [1.54, 1.807) is 18.2 Å². The van der Waals surface area contributed by atoms with Crippen LogP contribution in [0.1, 0.15) is 49.8 Å². The lowest BCUT2D eigenvalue weighted by molar-refractivity contribution is 0.256. The van der Waals surface area contributed by atoms with Crippen molar-refractivity contribution in [2.75, 3.05) is 43.0 Å². The van der Waals surface area contributed by atoms with E-state index < -0.39 is 6.03 Å². The Kier molecular flexibility index (Phi) is 7.40. The summed E-state index contributed by atoms with van der Waals surface area (Å²) < 4.78 is 0. The fraction of sp³-hybridized carbons (Fsp3) is 0.440. The van der Waals surface area contributed by atoms with Gasteiger partial charge < -0.3 is 20.6 Å². The van der Waals surface area contributed by atoms with Gasteiger partial charge in [-0.05, 0) is 66.9 Å². The predicted molar refractivity (Wildman–Crippen MR) is 131 cm³/mol. The molecular formula is C25H35N5O2. The minimum atomic E-state index is -0.759. The molecule has 2 amide bonds. The van der Waals surface area contributed by atoms with E-state index in [0.717, 1.165) is 60.7 Å². The molecule has 2 aromatic carbocycles. The number of nitrogens with two attached hydrogens (primary N) is 1. The van der Waals surface area contributed by atoms with Crippen LogP contribution in [0.25, 0.3) is 0 Å². The fourth-order valence-electron chi connectivity index (χ4n) is 4.23. The standard InChI is InChI=1S/C25H35N5O2/c1-5-6-18-15-23(31)22(16-21(18)17(2)3)24(26)30(25(27)32)20-9-7-19(8-10-20)29-13-11-28(4)12-14-29/h7-10,15-17,26,31H,5-6,11-14H2,1-4H3,(H2,27,32). The zero-order chi connectivity index (χ0) is 23.4. The molecule has 1 saturated heterocycles. The number of hydrogen-bond acceptors (Lipinski definition) is 5. The van der Waals surface area contributed by atoms with Crippen LogP contribution in [-0.2, 0) is 6.42 Å². The predicted octanol–water partition coefficient (Wildman–Crippen LogP) is 4.13. The Morgan fingerprint density at radius 3 is 2.31 bits per heavy atom. The van der Waals surface area contributed by atoms with E-state index in [9.17, 15) is 9.90 Å². The number of phenolic OH excluding ortho intramolecular Hbond substituents is 1. The number of phenols is 1. The van der Waals surface area contributed by atoms with Gasteiger partial charge in [-0.25, -0.2) is 9.69 Å². The summed E-state index contributed by atoms with van der Waals surface area (Å²) in [7, 11) is 2.12. The average Bonchev–Trinajstić information content (AvgIpc) is 2.75. The van der Waals surface area contributed by atoms with Crippen molar-refractivity contribution in [1.82, 2.24) is 4.90 Å². The number of likely N-dealkylation sites (N-methyl/N-ethyl adjacent to an activating group) is 1. The smallest absolute Gasteiger partial charge is 0.325 e. The van der Waals surface area contributed by atoms with Crippen LogP contribution in [0.2, 0.25) is 0 Å². The van der Waals surface area contributed by atoms with E-state index >= 15 is 0 Å². The van der Waals surface area contributed by atoms with Crippen molar-refractivity contribution in [3.05, 3.63) is 53.1 Å². The molecule has 0 unspecified atom stereocenters. The van der Waals surface area contributed by atoms with Crippen LogP contribution in [-0.4, -0.2) is 55.1 Å². The zero-order valence-electron chi connectivity index (χ0n) is 19.6. The molecule has 0 atom stereocenters. The first-order valence-corrected chi connectivity index (χ1v) is 11.3. The van der Waals surface area contributed by atoms with E-state index in [0.29, 0.717) is 11.3 Å². The first-order chi connectivity index (χ1) is 15.2. The maximum atomic E-state index is 12.3. The van der Waals surface area contributed by atoms with Crippen LogP contribution >= 0.6 is 0 Å². The first kappa shape index (κ1) is 23.6. The van der Waals surface area contributed by atoms with Crippen molar-refractivity contribution >= 4 is 23.2 Å². The molecule has 7 heteroatoms. The molecule has 7 nitrogen and oxygen atoms in total. The Balaban J connectivity index is 1.91. The maximum Gasteiger partial charge on any atom is 0.325 e. The summed E-state index contributed by atoms with van der Waals surface area (Å²) in [6, 6.07) is 10.3. The molecule has 1 aliphatic heterocycles. The minimum absolute atomic E-state index is 0.0110. The van der Waals surface area contributed by atoms with Gasteiger partial charge >= 0.3 is 6.03 Å². The lowest BCUT2D eigenvalue weighted by Crippen LogP contribution is -2.44. The van der Waals surface area contributed by atoms with E-state index in [1.165, 1.54) is 0 Å². The zero-order valence-corrected chi connectivity index (χ0v) is 19.6. The number of hydrogen-bond donors (Lipinski definition) is 3. The van der Waals surface area contributed by atoms with Gasteiger partial charge in [-0.1, -0.05) is 27.2 Å². The molecule has 0 saturated carbocycles. The Morgan fingerprint density at radius 1 is 1.16 bits per heavy atom. The van der Waals surface area contributed by atoms with Crippen LogP contribution in [0.5, 0.6) is 5.75 Å². The van der Waals surface area contributed by atoms with Crippen molar-refractivity contribution in [3.8, 4) is 5.75 Å². The topological polar surface area (TPSA) is 96.9 Å². The summed E-state index contributed by atoms with van der Waals surface area (Å²) in [6.07, 6.45) is 1.81. The summed E-state index contributed by atoms with van der Waals surface area (Å²) >= 11 is 0. The average molecular weight is 438 g/mol. The number of aryl methyl sites for hydroxylation is 1. The second-order valence-corrected chi connectivity index (χ2v) is 8.80.